The Bertz CT molecular complexity index is 457. The average Bonchev–Trinajstić information content (AvgIpc) is 2.22. The predicted octanol–water partition coefficient (Wildman–Crippen LogP) is 1.24. The molecule has 1 rings (SSSR count). The van der Waals surface area contributed by atoms with Gasteiger partial charge in [0.05, 0.1) is 21.7 Å². The van der Waals surface area contributed by atoms with E-state index in [0.717, 1.165) is 6.08 Å². The molecule has 0 aliphatic heterocycles. The van der Waals surface area contributed by atoms with Crippen LogP contribution in [0.5, 0.6) is 0 Å². The van der Waals surface area contributed by atoms with Crippen LogP contribution in [0, 0.1) is 0 Å². The van der Waals surface area contributed by atoms with E-state index in [2.05, 4.69) is 5.32 Å². The second kappa shape index (κ2) is 5.53. The maximum Gasteiger partial charge on any atom is 0.248 e. The van der Waals surface area contributed by atoms with Crippen molar-refractivity contribution in [1.82, 2.24) is 0 Å². The fourth-order valence-electron chi connectivity index (χ4n) is 0.918. The van der Waals surface area contributed by atoms with Crippen LogP contribution < -0.4 is 10.4 Å². The van der Waals surface area contributed by atoms with Crippen molar-refractivity contribution < 1.29 is 14.7 Å². The summed E-state index contributed by atoms with van der Waals surface area (Å²) in [7, 11) is 0. The lowest BCUT2D eigenvalue weighted by Gasteiger charge is -2.05. The molecule has 0 radical (unpaired) electrons. The van der Waals surface area contributed by atoms with Crippen molar-refractivity contribution >= 4 is 40.8 Å². The highest BCUT2D eigenvalue weighted by Crippen LogP contribution is 2.29. The smallest absolute Gasteiger partial charge is 0.248 e. The third-order valence-corrected chi connectivity index (χ3v) is 2.40. The SMILES string of the molecule is O=C([O-])/C=C\C(=O)Nc1cccc(Cl)c1Cl. The molecule has 1 N–H and O–H groups in total. The fourth-order valence-corrected chi connectivity index (χ4v) is 1.27. The Balaban J connectivity index is 2.78. The normalized spacial score (nSPS) is 10.4. The van der Waals surface area contributed by atoms with E-state index in [4.69, 9.17) is 23.2 Å². The molecule has 0 saturated carbocycles. The number of hydrogen-bond donors (Lipinski definition) is 1. The molecule has 0 aliphatic carbocycles. The van der Waals surface area contributed by atoms with Crippen LogP contribution in [0.2, 0.25) is 10.0 Å². The van der Waals surface area contributed by atoms with Gasteiger partial charge in [-0.25, -0.2) is 0 Å². The van der Waals surface area contributed by atoms with E-state index in [1.165, 1.54) is 0 Å². The summed E-state index contributed by atoms with van der Waals surface area (Å²) in [5.41, 5.74) is 0.308. The Hall–Kier alpha value is -1.52. The van der Waals surface area contributed by atoms with Crippen molar-refractivity contribution in [3.8, 4) is 0 Å². The number of carboxylic acid groups (broad SMARTS) is 1. The standard InChI is InChI=1S/C10H7Cl2NO3/c11-6-2-1-3-7(10(6)12)13-8(14)4-5-9(15)16/h1-5H,(H,13,14)(H,15,16)/p-1/b5-4-. The monoisotopic (exact) mass is 258 g/mol. The maximum absolute atomic E-state index is 11.2. The predicted molar refractivity (Wildman–Crippen MR) is 59.2 cm³/mol. The number of carbonyl (C=O) groups excluding carboxylic acids is 2. The van der Waals surface area contributed by atoms with Crippen LogP contribution in [0.3, 0.4) is 0 Å². The van der Waals surface area contributed by atoms with Gasteiger partial charge >= 0.3 is 0 Å². The first-order chi connectivity index (χ1) is 7.50. The highest BCUT2D eigenvalue weighted by Gasteiger charge is 2.05. The van der Waals surface area contributed by atoms with Crippen LogP contribution >= 0.6 is 23.2 Å². The van der Waals surface area contributed by atoms with Gasteiger partial charge in [-0.3, -0.25) is 4.79 Å². The summed E-state index contributed by atoms with van der Waals surface area (Å²) in [5.74, 6) is -2.08. The van der Waals surface area contributed by atoms with Gasteiger partial charge in [-0.2, -0.15) is 0 Å². The fraction of sp³-hybridized carbons (Fsp3) is 0. The third-order valence-electron chi connectivity index (χ3n) is 1.58. The molecule has 0 spiro atoms. The Morgan fingerprint density at radius 3 is 2.56 bits per heavy atom. The second-order valence-corrected chi connectivity index (χ2v) is 3.53. The van der Waals surface area contributed by atoms with Gasteiger partial charge in [0.2, 0.25) is 5.91 Å². The maximum atomic E-state index is 11.2. The summed E-state index contributed by atoms with van der Waals surface area (Å²) in [5, 5.41) is 12.9. The molecule has 0 unspecified atom stereocenters. The van der Waals surface area contributed by atoms with Crippen LogP contribution in [-0.2, 0) is 9.59 Å². The summed E-state index contributed by atoms with van der Waals surface area (Å²) in [6.45, 7) is 0. The molecule has 0 heterocycles. The van der Waals surface area contributed by atoms with Crippen LogP contribution in [0.25, 0.3) is 0 Å². The summed E-state index contributed by atoms with van der Waals surface area (Å²) >= 11 is 11.5. The lowest BCUT2D eigenvalue weighted by molar-refractivity contribution is -0.297. The highest BCUT2D eigenvalue weighted by molar-refractivity contribution is 6.44. The minimum atomic E-state index is -1.45. The van der Waals surface area contributed by atoms with Gasteiger partial charge in [0.1, 0.15) is 0 Å². The first kappa shape index (κ1) is 12.5. The molecule has 0 aromatic heterocycles. The van der Waals surface area contributed by atoms with Crippen molar-refractivity contribution in [3.63, 3.8) is 0 Å². The van der Waals surface area contributed by atoms with E-state index in [1.807, 2.05) is 0 Å². The lowest BCUT2D eigenvalue weighted by Crippen LogP contribution is -2.20. The summed E-state index contributed by atoms with van der Waals surface area (Å²) in [6, 6.07) is 4.71. The molecule has 4 nitrogen and oxygen atoms in total. The minimum Gasteiger partial charge on any atom is -0.545 e. The number of aliphatic carboxylic acids is 1. The summed E-state index contributed by atoms with van der Waals surface area (Å²) in [6.07, 6.45) is 1.44. The molecule has 0 saturated heterocycles. The van der Waals surface area contributed by atoms with Gasteiger partial charge in [-0.15, -0.1) is 0 Å². The number of nitrogens with one attached hydrogen (secondary N) is 1. The van der Waals surface area contributed by atoms with Gasteiger partial charge in [0, 0.05) is 6.08 Å². The molecule has 16 heavy (non-hydrogen) atoms. The number of amides is 1. The number of rotatable bonds is 3. The largest absolute Gasteiger partial charge is 0.545 e. The van der Waals surface area contributed by atoms with E-state index in [9.17, 15) is 14.7 Å². The zero-order valence-electron chi connectivity index (χ0n) is 7.87. The summed E-state index contributed by atoms with van der Waals surface area (Å²) in [4.78, 5) is 21.2. The molecule has 6 heteroatoms. The van der Waals surface area contributed by atoms with Gasteiger partial charge in [0.25, 0.3) is 0 Å². The molecule has 84 valence electrons. The summed E-state index contributed by atoms with van der Waals surface area (Å²) < 4.78 is 0. The number of benzene rings is 1. The Labute approximate surface area is 101 Å². The number of hydrogen-bond acceptors (Lipinski definition) is 3. The zero-order chi connectivity index (χ0) is 12.1. The molecule has 0 bridgehead atoms. The van der Waals surface area contributed by atoms with Gasteiger partial charge in [0.15, 0.2) is 0 Å². The van der Waals surface area contributed by atoms with E-state index < -0.39 is 11.9 Å². The molecule has 0 aliphatic rings. The first-order valence-corrected chi connectivity index (χ1v) is 4.90. The Morgan fingerprint density at radius 1 is 1.25 bits per heavy atom. The van der Waals surface area contributed by atoms with Gasteiger partial charge in [-0.05, 0) is 18.2 Å². The van der Waals surface area contributed by atoms with E-state index in [0.29, 0.717) is 16.8 Å². The van der Waals surface area contributed by atoms with Crippen molar-refractivity contribution in [2.75, 3.05) is 5.32 Å². The lowest BCUT2D eigenvalue weighted by atomic mass is 10.3. The third kappa shape index (κ3) is 3.56. The van der Waals surface area contributed by atoms with Crippen molar-refractivity contribution in [2.45, 2.75) is 0 Å². The minimum absolute atomic E-state index is 0.194. The second-order valence-electron chi connectivity index (χ2n) is 2.74. The molecular weight excluding hydrogens is 253 g/mol. The van der Waals surface area contributed by atoms with Crippen molar-refractivity contribution in [2.24, 2.45) is 0 Å². The first-order valence-electron chi connectivity index (χ1n) is 4.15. The van der Waals surface area contributed by atoms with Crippen LogP contribution in [0.4, 0.5) is 5.69 Å². The molecule has 1 amide bonds. The number of anilines is 1. The number of carbonyl (C=O) groups is 2. The number of carboxylic acids is 1. The van der Waals surface area contributed by atoms with E-state index in [-0.39, 0.29) is 5.02 Å². The Morgan fingerprint density at radius 2 is 1.94 bits per heavy atom. The average molecular weight is 259 g/mol. The molecular formula is C10H6Cl2NO3-. The number of halogens is 2. The Kier molecular flexibility index (Phi) is 4.34. The van der Waals surface area contributed by atoms with E-state index >= 15 is 0 Å². The van der Waals surface area contributed by atoms with Crippen molar-refractivity contribution in [3.05, 3.63) is 40.4 Å². The quantitative estimate of drug-likeness (QED) is 0.830. The highest BCUT2D eigenvalue weighted by atomic mass is 35.5. The zero-order valence-corrected chi connectivity index (χ0v) is 9.38. The van der Waals surface area contributed by atoms with Crippen LogP contribution in [0.15, 0.2) is 30.4 Å². The van der Waals surface area contributed by atoms with Gasteiger partial charge in [-0.1, -0.05) is 29.3 Å². The van der Waals surface area contributed by atoms with E-state index in [1.54, 1.807) is 18.2 Å². The molecule has 1 aromatic rings. The van der Waals surface area contributed by atoms with Crippen molar-refractivity contribution in [1.29, 1.82) is 0 Å². The van der Waals surface area contributed by atoms with Crippen LogP contribution in [0.1, 0.15) is 0 Å². The molecule has 1 aromatic carbocycles. The topological polar surface area (TPSA) is 69.2 Å². The van der Waals surface area contributed by atoms with Crippen LogP contribution in [-0.4, -0.2) is 11.9 Å². The molecule has 0 fully saturated rings. The molecule has 0 atom stereocenters. The van der Waals surface area contributed by atoms with Gasteiger partial charge < -0.3 is 15.2 Å².